The lowest BCUT2D eigenvalue weighted by atomic mass is 10.2. The van der Waals surface area contributed by atoms with Crippen molar-refractivity contribution in [3.05, 3.63) is 59.1 Å². The van der Waals surface area contributed by atoms with Gasteiger partial charge in [-0.2, -0.15) is 0 Å². The number of amides is 1. The lowest BCUT2D eigenvalue weighted by Gasteiger charge is -2.15. The van der Waals surface area contributed by atoms with E-state index < -0.39 is 24.5 Å². The summed E-state index contributed by atoms with van der Waals surface area (Å²) in [7, 11) is 0. The van der Waals surface area contributed by atoms with Crippen LogP contribution in [0.1, 0.15) is 39.9 Å². The Hall–Kier alpha value is -3.79. The molecule has 34 heavy (non-hydrogen) atoms. The molecule has 1 fully saturated rings. The van der Waals surface area contributed by atoms with Crippen LogP contribution in [0.2, 0.25) is 0 Å². The Bertz CT molecular complexity index is 1160. The summed E-state index contributed by atoms with van der Waals surface area (Å²) in [4.78, 5) is 40.3. The van der Waals surface area contributed by atoms with Gasteiger partial charge in [0.05, 0.1) is 12.3 Å². The van der Waals surface area contributed by atoms with E-state index in [0.29, 0.717) is 11.5 Å². The van der Waals surface area contributed by atoms with Crippen LogP contribution in [0.15, 0.2) is 48.5 Å². The number of carbonyl (C=O) groups excluding carboxylic acids is 3. The van der Waals surface area contributed by atoms with E-state index in [4.69, 9.17) is 9.47 Å². The third-order valence-corrected chi connectivity index (χ3v) is 6.31. The minimum absolute atomic E-state index is 0.0184. The second-order valence-electron chi connectivity index (χ2n) is 7.54. The summed E-state index contributed by atoms with van der Waals surface area (Å²) in [5, 5.41) is 10.6. The summed E-state index contributed by atoms with van der Waals surface area (Å²) in [5.74, 6) is -1.16. The Morgan fingerprint density at radius 3 is 2.44 bits per heavy atom. The molecule has 1 N–H and O–H groups in total. The molecular formula is C24H24N4O5S. The fourth-order valence-corrected chi connectivity index (χ4v) is 4.53. The summed E-state index contributed by atoms with van der Waals surface area (Å²) in [6.45, 7) is 3.22. The Morgan fingerprint density at radius 2 is 1.76 bits per heavy atom. The van der Waals surface area contributed by atoms with Gasteiger partial charge in [-0.05, 0) is 43.5 Å². The van der Waals surface area contributed by atoms with Gasteiger partial charge in [-0.3, -0.25) is 4.79 Å². The molecule has 0 spiro atoms. The largest absolute Gasteiger partial charge is 0.462 e. The number of thiophene rings is 1. The van der Waals surface area contributed by atoms with E-state index in [1.54, 1.807) is 19.1 Å². The van der Waals surface area contributed by atoms with Gasteiger partial charge in [0, 0.05) is 18.0 Å². The summed E-state index contributed by atoms with van der Waals surface area (Å²) >= 11 is 1.22. The lowest BCUT2D eigenvalue weighted by molar-refractivity contribution is -0.119. The molecule has 1 saturated heterocycles. The molecule has 1 aliphatic rings. The monoisotopic (exact) mass is 480 g/mol. The summed E-state index contributed by atoms with van der Waals surface area (Å²) in [5.41, 5.74) is 1.23. The highest BCUT2D eigenvalue weighted by Gasteiger charge is 2.21. The van der Waals surface area contributed by atoms with Crippen molar-refractivity contribution in [2.24, 2.45) is 0 Å². The number of hydrogen-bond donors (Lipinski definition) is 1. The van der Waals surface area contributed by atoms with Crippen molar-refractivity contribution >= 4 is 40.7 Å². The molecule has 1 aromatic carbocycles. The molecule has 10 heteroatoms. The first-order chi connectivity index (χ1) is 16.5. The molecule has 2 aromatic heterocycles. The molecule has 3 aromatic rings. The molecule has 0 saturated carbocycles. The molecule has 176 valence electrons. The predicted molar refractivity (Wildman–Crippen MR) is 128 cm³/mol. The number of rotatable bonds is 8. The molecule has 9 nitrogen and oxygen atoms in total. The Kier molecular flexibility index (Phi) is 7.48. The molecule has 3 heterocycles. The van der Waals surface area contributed by atoms with Crippen molar-refractivity contribution in [2.75, 3.05) is 36.5 Å². The summed E-state index contributed by atoms with van der Waals surface area (Å²) < 4.78 is 10.2. The van der Waals surface area contributed by atoms with Crippen molar-refractivity contribution < 1.29 is 23.9 Å². The molecule has 0 unspecified atom stereocenters. The van der Waals surface area contributed by atoms with Crippen molar-refractivity contribution in [2.45, 2.75) is 19.8 Å². The number of nitrogens with one attached hydrogen (secondary N) is 1. The maximum Gasteiger partial charge on any atom is 0.359 e. The summed E-state index contributed by atoms with van der Waals surface area (Å²) in [6, 6.07) is 14.4. The third-order valence-electron chi connectivity index (χ3n) is 5.15. The molecular weight excluding hydrogens is 456 g/mol. The van der Waals surface area contributed by atoms with E-state index >= 15 is 0 Å². The number of esters is 2. The van der Waals surface area contributed by atoms with Crippen LogP contribution in [0, 0.1) is 0 Å². The van der Waals surface area contributed by atoms with Gasteiger partial charge in [0.15, 0.2) is 18.1 Å². The van der Waals surface area contributed by atoms with Crippen LogP contribution in [-0.4, -0.2) is 54.3 Å². The van der Waals surface area contributed by atoms with Gasteiger partial charge in [-0.1, -0.05) is 30.3 Å². The standard InChI is InChI=1S/C24H24N4O5S/c1-2-32-24(31)22-18(14-19(34-22)16-8-4-3-5-9-16)25-21(29)15-33-23(30)17-10-11-20(27-26-17)28-12-6-7-13-28/h3-5,8-11,14H,2,6-7,12-13,15H2,1H3,(H,25,29). The number of benzene rings is 1. The van der Waals surface area contributed by atoms with Gasteiger partial charge < -0.3 is 19.7 Å². The van der Waals surface area contributed by atoms with Crippen molar-refractivity contribution in [3.8, 4) is 10.4 Å². The molecule has 4 rings (SSSR count). The number of nitrogens with zero attached hydrogens (tertiary/aromatic N) is 3. The van der Waals surface area contributed by atoms with Crippen molar-refractivity contribution in [1.29, 1.82) is 0 Å². The van der Waals surface area contributed by atoms with Crippen molar-refractivity contribution in [1.82, 2.24) is 10.2 Å². The number of anilines is 2. The highest BCUT2D eigenvalue weighted by molar-refractivity contribution is 7.18. The zero-order chi connectivity index (χ0) is 23.9. The van der Waals surface area contributed by atoms with Gasteiger partial charge in [-0.25, -0.2) is 9.59 Å². The van der Waals surface area contributed by atoms with Crippen LogP contribution in [0.4, 0.5) is 11.5 Å². The van der Waals surface area contributed by atoms with Gasteiger partial charge in [0.2, 0.25) is 0 Å². The molecule has 0 radical (unpaired) electrons. The Balaban J connectivity index is 1.39. The van der Waals surface area contributed by atoms with Crippen LogP contribution in [0.25, 0.3) is 10.4 Å². The SMILES string of the molecule is CCOC(=O)c1sc(-c2ccccc2)cc1NC(=O)COC(=O)c1ccc(N2CCCC2)nn1. The average Bonchev–Trinajstić information content (AvgIpc) is 3.54. The predicted octanol–water partition coefficient (Wildman–Crippen LogP) is 3.78. The van der Waals surface area contributed by atoms with E-state index in [2.05, 4.69) is 20.4 Å². The van der Waals surface area contributed by atoms with Crippen molar-refractivity contribution in [3.63, 3.8) is 0 Å². The molecule has 1 amide bonds. The van der Waals surface area contributed by atoms with Gasteiger partial charge in [0.1, 0.15) is 4.88 Å². The van der Waals surface area contributed by atoms with E-state index in [1.807, 2.05) is 30.3 Å². The van der Waals surface area contributed by atoms with Crippen LogP contribution >= 0.6 is 11.3 Å². The third kappa shape index (κ3) is 5.57. The zero-order valence-corrected chi connectivity index (χ0v) is 19.5. The molecule has 0 atom stereocenters. The Labute approximate surface area is 200 Å². The quantitative estimate of drug-likeness (QED) is 0.485. The molecule has 1 aliphatic heterocycles. The van der Waals surface area contributed by atoms with Gasteiger partial charge in [-0.15, -0.1) is 21.5 Å². The van der Waals surface area contributed by atoms with Crippen LogP contribution in [-0.2, 0) is 14.3 Å². The van der Waals surface area contributed by atoms with Gasteiger partial charge in [0.25, 0.3) is 5.91 Å². The smallest absolute Gasteiger partial charge is 0.359 e. The zero-order valence-electron chi connectivity index (χ0n) is 18.7. The molecule has 0 bridgehead atoms. The minimum Gasteiger partial charge on any atom is -0.462 e. The van der Waals surface area contributed by atoms with E-state index in [0.717, 1.165) is 36.4 Å². The number of ether oxygens (including phenoxy) is 2. The maximum atomic E-state index is 12.5. The number of hydrogen-bond acceptors (Lipinski definition) is 9. The normalized spacial score (nSPS) is 12.9. The molecule has 0 aliphatic carbocycles. The topological polar surface area (TPSA) is 111 Å². The first-order valence-corrected chi connectivity index (χ1v) is 11.8. The maximum absolute atomic E-state index is 12.5. The van der Waals surface area contributed by atoms with Crippen LogP contribution in [0.3, 0.4) is 0 Å². The number of aromatic nitrogens is 2. The van der Waals surface area contributed by atoms with E-state index in [1.165, 1.54) is 17.4 Å². The fourth-order valence-electron chi connectivity index (χ4n) is 3.52. The second kappa shape index (κ2) is 10.9. The van der Waals surface area contributed by atoms with E-state index in [9.17, 15) is 14.4 Å². The highest BCUT2D eigenvalue weighted by atomic mass is 32.1. The lowest BCUT2D eigenvalue weighted by Crippen LogP contribution is -2.23. The second-order valence-corrected chi connectivity index (χ2v) is 8.59. The first-order valence-electron chi connectivity index (χ1n) is 11.0. The van der Waals surface area contributed by atoms with Gasteiger partial charge >= 0.3 is 11.9 Å². The van der Waals surface area contributed by atoms with Crippen LogP contribution < -0.4 is 10.2 Å². The Morgan fingerprint density at radius 1 is 1.00 bits per heavy atom. The summed E-state index contributed by atoms with van der Waals surface area (Å²) in [6.07, 6.45) is 2.21. The minimum atomic E-state index is -0.753. The van der Waals surface area contributed by atoms with E-state index in [-0.39, 0.29) is 17.2 Å². The van der Waals surface area contributed by atoms with Crippen LogP contribution in [0.5, 0.6) is 0 Å². The average molecular weight is 481 g/mol. The number of carbonyl (C=O) groups is 3. The first kappa shape index (κ1) is 23.4. The highest BCUT2D eigenvalue weighted by Crippen LogP contribution is 2.35. The fraction of sp³-hybridized carbons (Fsp3) is 0.292.